The van der Waals surface area contributed by atoms with Crippen LogP contribution in [0.3, 0.4) is 0 Å². The highest BCUT2D eigenvalue weighted by Crippen LogP contribution is 2.19. The Hall–Kier alpha value is -2.96. The maximum absolute atomic E-state index is 13.6. The number of ether oxygens (including phenoxy) is 1. The van der Waals surface area contributed by atoms with E-state index in [2.05, 4.69) is 14.9 Å². The molecular formula is C19H21FN4O2. The monoisotopic (exact) mass is 356 g/mol. The smallest absolute Gasteiger partial charge is 0.246 e. The summed E-state index contributed by atoms with van der Waals surface area (Å²) in [6.07, 6.45) is 2.94. The Morgan fingerprint density at radius 1 is 1.19 bits per heavy atom. The molecule has 0 radical (unpaired) electrons. The van der Waals surface area contributed by atoms with Crippen molar-refractivity contribution < 1.29 is 13.9 Å². The number of carbonyl (C=O) groups is 1. The molecule has 0 bridgehead atoms. The van der Waals surface area contributed by atoms with Gasteiger partial charge in [0.25, 0.3) is 0 Å². The van der Waals surface area contributed by atoms with E-state index in [1.54, 1.807) is 36.3 Å². The van der Waals surface area contributed by atoms with Gasteiger partial charge in [0.1, 0.15) is 17.5 Å². The highest BCUT2D eigenvalue weighted by Gasteiger charge is 2.21. The molecule has 1 amide bonds. The van der Waals surface area contributed by atoms with E-state index in [1.165, 1.54) is 18.2 Å². The van der Waals surface area contributed by atoms with Gasteiger partial charge in [0, 0.05) is 43.9 Å². The van der Waals surface area contributed by atoms with Crippen molar-refractivity contribution in [3.63, 3.8) is 0 Å². The zero-order valence-electron chi connectivity index (χ0n) is 14.9. The standard InChI is InChI=1S/C19H21FN4O2/c1-14-21-17(13-18(22-14)26-2)23-9-11-24(12-10-23)19(25)8-7-15-5-3-4-6-16(15)20/h3-8,13H,9-12H2,1-2H3/b8-7+. The predicted molar refractivity (Wildman–Crippen MR) is 97.5 cm³/mol. The van der Waals surface area contributed by atoms with Crippen molar-refractivity contribution in [2.75, 3.05) is 38.2 Å². The van der Waals surface area contributed by atoms with Crippen LogP contribution < -0.4 is 9.64 Å². The third kappa shape index (κ3) is 4.17. The fourth-order valence-corrected chi connectivity index (χ4v) is 2.82. The lowest BCUT2D eigenvalue weighted by atomic mass is 10.2. The van der Waals surface area contributed by atoms with Crippen molar-refractivity contribution in [2.24, 2.45) is 0 Å². The van der Waals surface area contributed by atoms with E-state index < -0.39 is 0 Å². The van der Waals surface area contributed by atoms with Crippen molar-refractivity contribution in [3.8, 4) is 5.88 Å². The molecule has 2 heterocycles. The van der Waals surface area contributed by atoms with Gasteiger partial charge in [0.05, 0.1) is 7.11 Å². The van der Waals surface area contributed by atoms with Gasteiger partial charge >= 0.3 is 0 Å². The van der Waals surface area contributed by atoms with Gasteiger partial charge in [-0.25, -0.2) is 9.37 Å². The molecule has 2 aromatic rings. The van der Waals surface area contributed by atoms with Gasteiger partial charge in [-0.3, -0.25) is 4.79 Å². The normalized spacial score (nSPS) is 14.7. The van der Waals surface area contributed by atoms with Crippen LogP contribution in [0.2, 0.25) is 0 Å². The van der Waals surface area contributed by atoms with Crippen LogP contribution >= 0.6 is 0 Å². The number of aromatic nitrogens is 2. The van der Waals surface area contributed by atoms with Gasteiger partial charge in [0.2, 0.25) is 11.8 Å². The molecule has 0 N–H and O–H groups in total. The van der Waals surface area contributed by atoms with Crippen LogP contribution in [0.15, 0.2) is 36.4 Å². The van der Waals surface area contributed by atoms with Gasteiger partial charge in [0.15, 0.2) is 0 Å². The van der Waals surface area contributed by atoms with Gasteiger partial charge in [-0.05, 0) is 19.1 Å². The Kier molecular flexibility index (Phi) is 5.46. The molecule has 1 aliphatic heterocycles. The van der Waals surface area contributed by atoms with Gasteiger partial charge in [-0.2, -0.15) is 4.98 Å². The number of amides is 1. The topological polar surface area (TPSA) is 58.6 Å². The molecule has 0 spiro atoms. The summed E-state index contributed by atoms with van der Waals surface area (Å²) in [6, 6.07) is 8.17. The molecule has 3 rings (SSSR count). The first-order chi connectivity index (χ1) is 12.6. The lowest BCUT2D eigenvalue weighted by Gasteiger charge is -2.35. The molecule has 0 saturated carbocycles. The number of rotatable bonds is 4. The number of hydrogen-bond donors (Lipinski definition) is 0. The predicted octanol–water partition coefficient (Wildman–Crippen LogP) is 2.29. The summed E-state index contributed by atoms with van der Waals surface area (Å²) in [5, 5.41) is 0. The maximum Gasteiger partial charge on any atom is 0.246 e. The van der Waals surface area contributed by atoms with E-state index in [9.17, 15) is 9.18 Å². The zero-order valence-corrected chi connectivity index (χ0v) is 14.9. The molecule has 1 aromatic heterocycles. The summed E-state index contributed by atoms with van der Waals surface area (Å²) in [7, 11) is 1.57. The summed E-state index contributed by atoms with van der Waals surface area (Å²) in [5.74, 6) is 1.51. The molecule has 1 fully saturated rings. The Balaban J connectivity index is 1.60. The van der Waals surface area contributed by atoms with Crippen molar-refractivity contribution in [3.05, 3.63) is 53.6 Å². The lowest BCUT2D eigenvalue weighted by molar-refractivity contribution is -0.126. The fourth-order valence-electron chi connectivity index (χ4n) is 2.82. The van der Waals surface area contributed by atoms with Crippen LogP contribution in [0.1, 0.15) is 11.4 Å². The molecule has 0 unspecified atom stereocenters. The Labute approximate surface area is 151 Å². The second-order valence-corrected chi connectivity index (χ2v) is 5.98. The van der Waals surface area contributed by atoms with Crippen LogP contribution in [-0.4, -0.2) is 54.1 Å². The number of methoxy groups -OCH3 is 1. The second kappa shape index (κ2) is 7.95. The summed E-state index contributed by atoms with van der Waals surface area (Å²) in [6.45, 7) is 4.30. The van der Waals surface area contributed by atoms with Crippen molar-refractivity contribution in [1.29, 1.82) is 0 Å². The minimum atomic E-state index is -0.338. The van der Waals surface area contributed by atoms with Crippen LogP contribution in [0.25, 0.3) is 6.08 Å². The highest BCUT2D eigenvalue weighted by molar-refractivity contribution is 5.92. The van der Waals surface area contributed by atoms with E-state index in [4.69, 9.17) is 4.74 Å². The SMILES string of the molecule is COc1cc(N2CCN(C(=O)/C=C/c3ccccc3F)CC2)nc(C)n1. The van der Waals surface area contributed by atoms with E-state index in [0.29, 0.717) is 43.4 Å². The fraction of sp³-hybridized carbons (Fsp3) is 0.316. The molecule has 0 atom stereocenters. The van der Waals surface area contributed by atoms with E-state index >= 15 is 0 Å². The van der Waals surface area contributed by atoms with Crippen molar-refractivity contribution in [1.82, 2.24) is 14.9 Å². The lowest BCUT2D eigenvalue weighted by Crippen LogP contribution is -2.48. The van der Waals surface area contributed by atoms with E-state index in [1.807, 2.05) is 6.92 Å². The zero-order chi connectivity index (χ0) is 18.5. The third-order valence-electron chi connectivity index (χ3n) is 4.24. The average molecular weight is 356 g/mol. The molecule has 7 heteroatoms. The molecule has 136 valence electrons. The van der Waals surface area contributed by atoms with Crippen LogP contribution in [0.4, 0.5) is 10.2 Å². The minimum absolute atomic E-state index is 0.121. The number of nitrogens with zero attached hydrogens (tertiary/aromatic N) is 4. The van der Waals surface area contributed by atoms with Crippen molar-refractivity contribution in [2.45, 2.75) is 6.92 Å². The first-order valence-corrected chi connectivity index (χ1v) is 8.43. The molecule has 26 heavy (non-hydrogen) atoms. The van der Waals surface area contributed by atoms with Gasteiger partial charge < -0.3 is 14.5 Å². The number of hydrogen-bond acceptors (Lipinski definition) is 5. The average Bonchev–Trinajstić information content (AvgIpc) is 2.66. The van der Waals surface area contributed by atoms with E-state index in [0.717, 1.165) is 5.82 Å². The Morgan fingerprint density at radius 2 is 1.92 bits per heavy atom. The largest absolute Gasteiger partial charge is 0.481 e. The Bertz CT molecular complexity index is 817. The van der Waals surface area contributed by atoms with Crippen LogP contribution in [0.5, 0.6) is 5.88 Å². The second-order valence-electron chi connectivity index (χ2n) is 5.98. The van der Waals surface area contributed by atoms with E-state index in [-0.39, 0.29) is 11.7 Å². The van der Waals surface area contributed by atoms with Crippen LogP contribution in [-0.2, 0) is 4.79 Å². The Morgan fingerprint density at radius 3 is 2.62 bits per heavy atom. The van der Waals surface area contributed by atoms with Gasteiger partial charge in [-0.15, -0.1) is 0 Å². The summed E-state index contributed by atoms with van der Waals surface area (Å²) in [4.78, 5) is 24.8. The molecule has 1 aliphatic rings. The molecule has 6 nitrogen and oxygen atoms in total. The molecule has 1 aromatic carbocycles. The summed E-state index contributed by atoms with van der Waals surface area (Å²) >= 11 is 0. The number of piperazine rings is 1. The molecule has 0 aliphatic carbocycles. The summed E-state index contributed by atoms with van der Waals surface area (Å²) in [5.41, 5.74) is 0.406. The first-order valence-electron chi connectivity index (χ1n) is 8.43. The quantitative estimate of drug-likeness (QED) is 0.787. The highest BCUT2D eigenvalue weighted by atomic mass is 19.1. The van der Waals surface area contributed by atoms with Crippen molar-refractivity contribution >= 4 is 17.8 Å². The summed E-state index contributed by atoms with van der Waals surface area (Å²) < 4.78 is 18.8. The first kappa shape index (κ1) is 17.8. The number of benzene rings is 1. The molecule has 1 saturated heterocycles. The molecular weight excluding hydrogens is 335 g/mol. The number of aryl methyl sites for hydroxylation is 1. The minimum Gasteiger partial charge on any atom is -0.481 e. The number of carbonyl (C=O) groups excluding carboxylic acids is 1. The number of anilines is 1. The third-order valence-corrected chi connectivity index (χ3v) is 4.24. The van der Waals surface area contributed by atoms with Gasteiger partial charge in [-0.1, -0.05) is 18.2 Å². The number of halogens is 1. The maximum atomic E-state index is 13.6. The van der Waals surface area contributed by atoms with Crippen LogP contribution in [0, 0.1) is 12.7 Å².